The molecule has 0 unspecified atom stereocenters. The molecule has 0 aromatic heterocycles. The Bertz CT molecular complexity index is 123. The maximum Gasteiger partial charge on any atom is 0.146 e. The highest BCUT2D eigenvalue weighted by atomic mass is 16.5. The van der Waals surface area contributed by atoms with Gasteiger partial charge in [0, 0.05) is 0 Å². The van der Waals surface area contributed by atoms with Gasteiger partial charge in [0.1, 0.15) is 14.0 Å². The molecule has 0 bridgehead atoms. The highest BCUT2D eigenvalue weighted by molar-refractivity contribution is 6.14. The van der Waals surface area contributed by atoms with Crippen molar-refractivity contribution in [2.75, 3.05) is 13.2 Å². The number of hydrogen-bond donors (Lipinski definition) is 3. The molecule has 4 nitrogen and oxygen atoms in total. The van der Waals surface area contributed by atoms with E-state index in [9.17, 15) is 5.11 Å². The first-order valence-electron chi connectivity index (χ1n) is 4.01. The molecule has 72 valence electrons. The Morgan fingerprint density at radius 1 is 1.42 bits per heavy atom. The molecule has 0 aliphatic rings. The van der Waals surface area contributed by atoms with Crippen LogP contribution in [0.3, 0.4) is 0 Å². The Morgan fingerprint density at radius 3 is 2.08 bits per heavy atom. The summed E-state index contributed by atoms with van der Waals surface area (Å²) in [6.45, 7) is 2.82. The molecule has 0 spiro atoms. The molecule has 12 heavy (non-hydrogen) atoms. The van der Waals surface area contributed by atoms with Crippen molar-refractivity contribution in [3.8, 4) is 0 Å². The lowest BCUT2D eigenvalue weighted by Gasteiger charge is -2.32. The molecule has 5 heteroatoms. The highest BCUT2D eigenvalue weighted by Crippen LogP contribution is 2.13. The Morgan fingerprint density at radius 2 is 1.83 bits per heavy atom. The summed E-state index contributed by atoms with van der Waals surface area (Å²) in [6, 6.07) is 0. The van der Waals surface area contributed by atoms with E-state index >= 15 is 0 Å². The number of aliphatic hydroxyl groups is 3. The van der Waals surface area contributed by atoms with Crippen molar-refractivity contribution in [2.24, 2.45) is 0 Å². The van der Waals surface area contributed by atoms with Crippen molar-refractivity contribution < 1.29 is 20.1 Å². The third-order valence-electron chi connectivity index (χ3n) is 1.88. The van der Waals surface area contributed by atoms with Gasteiger partial charge in [0.2, 0.25) is 0 Å². The van der Waals surface area contributed by atoms with Gasteiger partial charge in [-0.15, -0.1) is 0 Å². The summed E-state index contributed by atoms with van der Waals surface area (Å²) in [5.74, 6) is 0. The van der Waals surface area contributed by atoms with E-state index in [4.69, 9.17) is 14.9 Å². The molecular weight excluding hydrogens is 159 g/mol. The quantitative estimate of drug-likeness (QED) is 0.427. The minimum absolute atomic E-state index is 0.243. The van der Waals surface area contributed by atoms with Crippen molar-refractivity contribution in [1.29, 1.82) is 0 Å². The lowest BCUT2D eigenvalue weighted by molar-refractivity contribution is -0.118. The summed E-state index contributed by atoms with van der Waals surface area (Å²) in [5, 5.41) is 26.6. The minimum atomic E-state index is -0.740. The van der Waals surface area contributed by atoms with Crippen LogP contribution < -0.4 is 0 Å². The van der Waals surface area contributed by atoms with Gasteiger partial charge >= 0.3 is 0 Å². The minimum Gasteiger partial charge on any atom is -0.394 e. The molecule has 0 aliphatic carbocycles. The van der Waals surface area contributed by atoms with E-state index in [2.05, 4.69) is 0 Å². The second-order valence-corrected chi connectivity index (χ2v) is 3.38. The first-order chi connectivity index (χ1) is 5.44. The molecule has 0 fully saturated rings. The second-order valence-electron chi connectivity index (χ2n) is 3.38. The maximum atomic E-state index is 9.23. The Kier molecular flexibility index (Phi) is 4.78. The fourth-order valence-electron chi connectivity index (χ4n) is 0.660. The SMILES string of the molecule is B[C@](C)(OC(CO)CO)[C@H](C)O. The van der Waals surface area contributed by atoms with Gasteiger partial charge in [-0.25, -0.2) is 0 Å². The van der Waals surface area contributed by atoms with Gasteiger partial charge < -0.3 is 20.1 Å². The lowest BCUT2D eigenvalue weighted by atomic mass is 9.79. The Balaban J connectivity index is 4.02. The molecule has 0 amide bonds. The van der Waals surface area contributed by atoms with E-state index in [-0.39, 0.29) is 13.2 Å². The van der Waals surface area contributed by atoms with Crippen molar-refractivity contribution >= 4 is 7.85 Å². The molecule has 0 heterocycles. The molecule has 0 aromatic carbocycles. The van der Waals surface area contributed by atoms with Crippen LogP contribution >= 0.6 is 0 Å². The highest BCUT2D eigenvalue weighted by Gasteiger charge is 2.27. The maximum absolute atomic E-state index is 9.23. The summed E-state index contributed by atoms with van der Waals surface area (Å²) >= 11 is 0. The summed E-state index contributed by atoms with van der Waals surface area (Å²) in [6.07, 6.45) is -1.26. The van der Waals surface area contributed by atoms with E-state index in [1.54, 1.807) is 21.7 Å². The predicted molar refractivity (Wildman–Crippen MR) is 47.7 cm³/mol. The molecular formula is C7H17BO4. The van der Waals surface area contributed by atoms with Crippen molar-refractivity contribution in [3.63, 3.8) is 0 Å². The van der Waals surface area contributed by atoms with E-state index in [1.807, 2.05) is 0 Å². The van der Waals surface area contributed by atoms with E-state index in [0.29, 0.717) is 0 Å². The lowest BCUT2D eigenvalue weighted by Crippen LogP contribution is -2.45. The van der Waals surface area contributed by atoms with Gasteiger partial charge in [-0.1, -0.05) is 0 Å². The van der Waals surface area contributed by atoms with Gasteiger partial charge in [0.15, 0.2) is 0 Å². The zero-order valence-corrected chi connectivity index (χ0v) is 7.82. The number of rotatable bonds is 5. The van der Waals surface area contributed by atoms with E-state index in [0.717, 1.165) is 0 Å². The second kappa shape index (κ2) is 4.82. The third kappa shape index (κ3) is 3.54. The topological polar surface area (TPSA) is 69.9 Å². The molecule has 0 aliphatic heterocycles. The molecule has 0 aromatic rings. The van der Waals surface area contributed by atoms with Crippen LogP contribution in [0.4, 0.5) is 0 Å². The van der Waals surface area contributed by atoms with Crippen LogP contribution in [0, 0.1) is 0 Å². The van der Waals surface area contributed by atoms with Gasteiger partial charge in [0.25, 0.3) is 0 Å². The Hall–Kier alpha value is -0.0951. The predicted octanol–water partition coefficient (Wildman–Crippen LogP) is -1.91. The van der Waals surface area contributed by atoms with Crippen LogP contribution in [-0.2, 0) is 4.74 Å². The smallest absolute Gasteiger partial charge is 0.146 e. The molecule has 0 radical (unpaired) electrons. The average Bonchev–Trinajstić information content (AvgIpc) is 2.00. The van der Waals surface area contributed by atoms with Gasteiger partial charge in [-0.3, -0.25) is 0 Å². The van der Waals surface area contributed by atoms with Crippen LogP contribution in [0.2, 0.25) is 0 Å². The number of ether oxygens (including phenoxy) is 1. The van der Waals surface area contributed by atoms with Crippen molar-refractivity contribution in [2.45, 2.75) is 31.6 Å². The third-order valence-corrected chi connectivity index (χ3v) is 1.88. The monoisotopic (exact) mass is 176 g/mol. The fraction of sp³-hybridized carbons (Fsp3) is 1.00. The zero-order valence-electron chi connectivity index (χ0n) is 7.82. The first kappa shape index (κ1) is 11.9. The van der Waals surface area contributed by atoms with Crippen molar-refractivity contribution in [3.05, 3.63) is 0 Å². The van der Waals surface area contributed by atoms with Crippen LogP contribution in [0.15, 0.2) is 0 Å². The van der Waals surface area contributed by atoms with Crippen molar-refractivity contribution in [1.82, 2.24) is 0 Å². The van der Waals surface area contributed by atoms with E-state index in [1.165, 1.54) is 0 Å². The fourth-order valence-corrected chi connectivity index (χ4v) is 0.660. The first-order valence-corrected chi connectivity index (χ1v) is 4.01. The van der Waals surface area contributed by atoms with Crippen LogP contribution in [-0.4, -0.2) is 54.1 Å². The molecule has 3 N–H and O–H groups in total. The molecule has 0 rings (SSSR count). The van der Waals surface area contributed by atoms with Gasteiger partial charge in [-0.2, -0.15) is 0 Å². The molecule has 0 saturated heterocycles. The summed E-state index contributed by atoms with van der Waals surface area (Å²) < 4.78 is 5.25. The van der Waals surface area contributed by atoms with Crippen LogP contribution in [0.1, 0.15) is 13.8 Å². The number of aliphatic hydroxyl groups excluding tert-OH is 3. The molecule has 0 saturated carbocycles. The van der Waals surface area contributed by atoms with Gasteiger partial charge in [0.05, 0.1) is 24.8 Å². The van der Waals surface area contributed by atoms with Crippen LogP contribution in [0.25, 0.3) is 0 Å². The standard InChI is InChI=1S/C7H17BO4/c1-5(11)7(2,8)12-6(3-9)4-10/h5-6,9-11H,3-4,8H2,1-2H3/t5-,7+/m0/s1. The summed E-state index contributed by atoms with van der Waals surface area (Å²) in [7, 11) is 1.70. The van der Waals surface area contributed by atoms with Gasteiger partial charge in [-0.05, 0) is 13.8 Å². The summed E-state index contributed by atoms with van der Waals surface area (Å²) in [4.78, 5) is 0. The Labute approximate surface area is 73.6 Å². The van der Waals surface area contributed by atoms with E-state index < -0.39 is 17.7 Å². The number of hydrogen-bond acceptors (Lipinski definition) is 4. The largest absolute Gasteiger partial charge is 0.394 e. The molecule has 2 atom stereocenters. The summed E-state index contributed by atoms with van der Waals surface area (Å²) in [5.41, 5.74) is -0.740. The normalized spacial score (nSPS) is 19.2. The average molecular weight is 176 g/mol. The zero-order chi connectivity index (χ0) is 9.78. The van der Waals surface area contributed by atoms with Crippen LogP contribution in [0.5, 0.6) is 0 Å².